The van der Waals surface area contributed by atoms with E-state index in [0.717, 1.165) is 17.7 Å². The number of rotatable bonds is 6. The lowest BCUT2D eigenvalue weighted by Gasteiger charge is -2.22. The molecule has 1 amide bonds. The number of amides is 1. The Hall–Kier alpha value is -2.14. The average molecular weight is 286 g/mol. The van der Waals surface area contributed by atoms with Crippen LogP contribution in [0.2, 0.25) is 0 Å². The van der Waals surface area contributed by atoms with Crippen molar-refractivity contribution in [2.45, 2.75) is 38.8 Å². The lowest BCUT2D eigenvalue weighted by molar-refractivity contribution is -0.120. The van der Waals surface area contributed by atoms with Gasteiger partial charge in [0.2, 0.25) is 5.91 Å². The Balaban J connectivity index is 1.97. The van der Waals surface area contributed by atoms with Crippen LogP contribution in [0.25, 0.3) is 0 Å². The number of carbonyl (C=O) groups excluding carboxylic acids is 1. The molecule has 0 aliphatic carbocycles. The molecule has 2 aromatic rings. The second kappa shape index (κ2) is 6.54. The fourth-order valence-electron chi connectivity index (χ4n) is 2.18. The van der Waals surface area contributed by atoms with Crippen LogP contribution in [0.5, 0.6) is 0 Å². The van der Waals surface area contributed by atoms with Crippen LogP contribution in [0.4, 0.5) is 5.69 Å². The zero-order valence-corrected chi connectivity index (χ0v) is 12.5. The Morgan fingerprint density at radius 2 is 2.10 bits per heavy atom. The van der Waals surface area contributed by atoms with E-state index < -0.39 is 5.54 Å². The Morgan fingerprint density at radius 3 is 2.67 bits per heavy atom. The van der Waals surface area contributed by atoms with E-state index in [2.05, 4.69) is 10.4 Å². The van der Waals surface area contributed by atoms with Crippen LogP contribution in [-0.2, 0) is 11.3 Å². The van der Waals surface area contributed by atoms with Gasteiger partial charge in [-0.05, 0) is 37.1 Å². The predicted octanol–water partition coefficient (Wildman–Crippen LogP) is 2.39. The maximum absolute atomic E-state index is 12.1. The van der Waals surface area contributed by atoms with Crippen molar-refractivity contribution < 1.29 is 4.79 Å². The Bertz CT molecular complexity index is 573. The molecule has 1 heterocycles. The predicted molar refractivity (Wildman–Crippen MR) is 83.9 cm³/mol. The Morgan fingerprint density at radius 1 is 1.38 bits per heavy atom. The zero-order chi connectivity index (χ0) is 15.3. The summed E-state index contributed by atoms with van der Waals surface area (Å²) >= 11 is 0. The molecule has 1 unspecified atom stereocenters. The number of carbonyl (C=O) groups is 1. The first-order valence-electron chi connectivity index (χ1n) is 7.18. The second-order valence-electron chi connectivity index (χ2n) is 5.52. The molecule has 0 saturated carbocycles. The van der Waals surface area contributed by atoms with Gasteiger partial charge in [-0.2, -0.15) is 5.10 Å². The number of nitrogens with one attached hydrogen (secondary N) is 1. The minimum atomic E-state index is -0.831. The lowest BCUT2D eigenvalue weighted by atomic mass is 9.96. The van der Waals surface area contributed by atoms with Gasteiger partial charge in [0.25, 0.3) is 0 Å². The van der Waals surface area contributed by atoms with Gasteiger partial charge in [0.15, 0.2) is 0 Å². The van der Waals surface area contributed by atoms with E-state index in [4.69, 9.17) is 5.73 Å². The molecule has 0 bridgehead atoms. The smallest absolute Gasteiger partial charge is 0.244 e. The molecule has 0 radical (unpaired) electrons. The number of aromatic nitrogens is 2. The van der Waals surface area contributed by atoms with Gasteiger partial charge in [-0.15, -0.1) is 0 Å². The first-order valence-corrected chi connectivity index (χ1v) is 7.18. The topological polar surface area (TPSA) is 72.9 Å². The zero-order valence-electron chi connectivity index (χ0n) is 12.5. The highest BCUT2D eigenvalue weighted by molar-refractivity contribution is 5.97. The number of anilines is 1. The van der Waals surface area contributed by atoms with E-state index >= 15 is 0 Å². The van der Waals surface area contributed by atoms with Crippen LogP contribution < -0.4 is 11.1 Å². The summed E-state index contributed by atoms with van der Waals surface area (Å²) in [6, 6.07) is 9.62. The van der Waals surface area contributed by atoms with Gasteiger partial charge in [-0.25, -0.2) is 0 Å². The normalized spacial score (nSPS) is 13.7. The van der Waals surface area contributed by atoms with Crippen molar-refractivity contribution in [3.8, 4) is 0 Å². The minimum Gasteiger partial charge on any atom is -0.325 e. The average Bonchev–Trinajstić information content (AvgIpc) is 2.94. The molecule has 2 rings (SSSR count). The summed E-state index contributed by atoms with van der Waals surface area (Å²) in [5.74, 6) is -0.149. The third kappa shape index (κ3) is 4.16. The van der Waals surface area contributed by atoms with Gasteiger partial charge in [0.1, 0.15) is 0 Å². The first kappa shape index (κ1) is 15.3. The summed E-state index contributed by atoms with van der Waals surface area (Å²) in [7, 11) is 0. The summed E-state index contributed by atoms with van der Waals surface area (Å²) in [6.45, 7) is 4.49. The quantitative estimate of drug-likeness (QED) is 0.856. The largest absolute Gasteiger partial charge is 0.325 e. The Labute approximate surface area is 125 Å². The molecule has 112 valence electrons. The number of nitrogens with two attached hydrogens (primary N) is 1. The third-order valence-corrected chi connectivity index (χ3v) is 3.40. The van der Waals surface area contributed by atoms with Crippen LogP contribution in [-0.4, -0.2) is 21.2 Å². The summed E-state index contributed by atoms with van der Waals surface area (Å²) < 4.78 is 1.85. The molecular formula is C16H22N4O. The van der Waals surface area contributed by atoms with Gasteiger partial charge in [-0.1, -0.05) is 25.5 Å². The molecule has 21 heavy (non-hydrogen) atoms. The maximum atomic E-state index is 12.1. The SMILES string of the molecule is CCCC(C)(N)C(=O)Nc1ccc(Cn2cccn2)cc1. The monoisotopic (exact) mass is 286 g/mol. The van der Waals surface area contributed by atoms with Crippen LogP contribution in [0.15, 0.2) is 42.7 Å². The van der Waals surface area contributed by atoms with Crippen molar-refractivity contribution in [1.29, 1.82) is 0 Å². The van der Waals surface area contributed by atoms with E-state index in [1.54, 1.807) is 13.1 Å². The van der Waals surface area contributed by atoms with Gasteiger partial charge in [-0.3, -0.25) is 9.48 Å². The summed E-state index contributed by atoms with van der Waals surface area (Å²) in [5, 5.41) is 7.03. The molecule has 1 aromatic carbocycles. The van der Waals surface area contributed by atoms with Crippen LogP contribution in [0, 0.1) is 0 Å². The lowest BCUT2D eigenvalue weighted by Crippen LogP contribution is -2.48. The van der Waals surface area contributed by atoms with Crippen molar-refractivity contribution in [3.63, 3.8) is 0 Å². The van der Waals surface area contributed by atoms with Crippen LogP contribution in [0.1, 0.15) is 32.3 Å². The molecule has 0 fully saturated rings. The van der Waals surface area contributed by atoms with Crippen LogP contribution >= 0.6 is 0 Å². The van der Waals surface area contributed by atoms with E-state index in [1.807, 2.05) is 48.1 Å². The molecule has 5 nitrogen and oxygen atoms in total. The highest BCUT2D eigenvalue weighted by atomic mass is 16.2. The van der Waals surface area contributed by atoms with Crippen molar-refractivity contribution in [1.82, 2.24) is 9.78 Å². The van der Waals surface area contributed by atoms with Gasteiger partial charge >= 0.3 is 0 Å². The van der Waals surface area contributed by atoms with E-state index in [9.17, 15) is 4.79 Å². The molecule has 1 atom stereocenters. The van der Waals surface area contributed by atoms with E-state index in [0.29, 0.717) is 13.0 Å². The molecule has 0 saturated heterocycles. The number of hydrogen-bond donors (Lipinski definition) is 2. The standard InChI is InChI=1S/C16H22N4O/c1-3-9-16(2,17)15(21)19-14-7-5-13(6-8-14)12-20-11-4-10-18-20/h4-8,10-11H,3,9,12,17H2,1-2H3,(H,19,21). The van der Waals surface area contributed by atoms with Crippen LogP contribution in [0.3, 0.4) is 0 Å². The van der Waals surface area contributed by atoms with E-state index in [1.165, 1.54) is 0 Å². The molecular weight excluding hydrogens is 264 g/mol. The first-order chi connectivity index (χ1) is 10.0. The summed E-state index contributed by atoms with van der Waals surface area (Å²) in [4.78, 5) is 12.1. The number of benzene rings is 1. The molecule has 0 spiro atoms. The molecule has 1 aromatic heterocycles. The maximum Gasteiger partial charge on any atom is 0.244 e. The Kier molecular flexibility index (Phi) is 4.75. The minimum absolute atomic E-state index is 0.149. The summed E-state index contributed by atoms with van der Waals surface area (Å²) in [5.41, 5.74) is 7.07. The van der Waals surface area contributed by atoms with Crippen molar-refractivity contribution in [2.24, 2.45) is 5.73 Å². The number of nitrogens with zero attached hydrogens (tertiary/aromatic N) is 2. The van der Waals surface area contributed by atoms with Crippen molar-refractivity contribution >= 4 is 11.6 Å². The third-order valence-electron chi connectivity index (χ3n) is 3.40. The van der Waals surface area contributed by atoms with Crippen molar-refractivity contribution in [2.75, 3.05) is 5.32 Å². The fourth-order valence-corrected chi connectivity index (χ4v) is 2.18. The molecule has 3 N–H and O–H groups in total. The molecule has 0 aliphatic rings. The van der Waals surface area contributed by atoms with Crippen molar-refractivity contribution in [3.05, 3.63) is 48.3 Å². The second-order valence-corrected chi connectivity index (χ2v) is 5.52. The molecule has 5 heteroatoms. The van der Waals surface area contributed by atoms with E-state index in [-0.39, 0.29) is 5.91 Å². The van der Waals surface area contributed by atoms with Gasteiger partial charge < -0.3 is 11.1 Å². The summed E-state index contributed by atoms with van der Waals surface area (Å²) in [6.07, 6.45) is 5.21. The molecule has 0 aliphatic heterocycles. The highest BCUT2D eigenvalue weighted by Crippen LogP contribution is 2.15. The number of hydrogen-bond acceptors (Lipinski definition) is 3. The van der Waals surface area contributed by atoms with Gasteiger partial charge in [0, 0.05) is 18.1 Å². The fraction of sp³-hybridized carbons (Fsp3) is 0.375. The van der Waals surface area contributed by atoms with Gasteiger partial charge in [0.05, 0.1) is 12.1 Å². The highest BCUT2D eigenvalue weighted by Gasteiger charge is 2.26.